The van der Waals surface area contributed by atoms with Gasteiger partial charge in [-0.05, 0) is 12.0 Å². The van der Waals surface area contributed by atoms with Crippen molar-refractivity contribution < 1.29 is 9.90 Å². The van der Waals surface area contributed by atoms with Crippen LogP contribution >= 0.6 is 0 Å². The van der Waals surface area contributed by atoms with Crippen molar-refractivity contribution in [3.63, 3.8) is 0 Å². The number of carbonyl (C=O) groups is 1. The molecule has 0 radical (unpaired) electrons. The first-order valence-electron chi connectivity index (χ1n) is 6.26. The monoisotopic (exact) mass is 246 g/mol. The Morgan fingerprint density at radius 1 is 1.33 bits per heavy atom. The number of ketones is 1. The summed E-state index contributed by atoms with van der Waals surface area (Å²) >= 11 is 0. The zero-order valence-electron chi connectivity index (χ0n) is 11.4. The molecule has 2 heteroatoms. The smallest absolute Gasteiger partial charge is 0.144 e. The highest BCUT2D eigenvalue weighted by Gasteiger charge is 2.34. The van der Waals surface area contributed by atoms with E-state index in [2.05, 4.69) is 6.58 Å². The van der Waals surface area contributed by atoms with Gasteiger partial charge < -0.3 is 5.11 Å². The summed E-state index contributed by atoms with van der Waals surface area (Å²) < 4.78 is 0. The van der Waals surface area contributed by atoms with Gasteiger partial charge in [-0.3, -0.25) is 4.79 Å². The van der Waals surface area contributed by atoms with Crippen molar-refractivity contribution in [2.45, 2.75) is 33.3 Å². The molecule has 18 heavy (non-hydrogen) atoms. The molecule has 0 aliphatic rings. The maximum absolute atomic E-state index is 12.4. The molecule has 0 saturated carbocycles. The Hall–Kier alpha value is -1.41. The molecule has 0 heterocycles. The highest BCUT2D eigenvalue weighted by molar-refractivity contribution is 5.86. The van der Waals surface area contributed by atoms with Gasteiger partial charge in [0.15, 0.2) is 0 Å². The van der Waals surface area contributed by atoms with Crippen molar-refractivity contribution >= 4 is 5.78 Å². The van der Waals surface area contributed by atoms with Crippen molar-refractivity contribution in [3.8, 4) is 0 Å². The van der Waals surface area contributed by atoms with E-state index in [4.69, 9.17) is 0 Å². The third-order valence-electron chi connectivity index (χ3n) is 3.02. The van der Waals surface area contributed by atoms with Crippen LogP contribution in [0.2, 0.25) is 0 Å². The zero-order valence-corrected chi connectivity index (χ0v) is 11.4. The van der Waals surface area contributed by atoms with Crippen molar-refractivity contribution in [3.05, 3.63) is 48.6 Å². The van der Waals surface area contributed by atoms with Crippen molar-refractivity contribution in [1.82, 2.24) is 0 Å². The molecule has 0 fully saturated rings. The number of hydrogen-bond donors (Lipinski definition) is 1. The fourth-order valence-corrected chi connectivity index (χ4v) is 2.00. The second-order valence-corrected chi connectivity index (χ2v) is 5.60. The molecule has 1 N–H and O–H groups in total. The minimum atomic E-state index is -0.768. The third-order valence-corrected chi connectivity index (χ3v) is 3.02. The Kier molecular flexibility index (Phi) is 4.85. The second kappa shape index (κ2) is 5.96. The predicted octanol–water partition coefficient (Wildman–Crippen LogP) is 3.53. The molecule has 0 spiro atoms. The van der Waals surface area contributed by atoms with Gasteiger partial charge in [0.25, 0.3) is 0 Å². The third kappa shape index (κ3) is 3.54. The van der Waals surface area contributed by atoms with Crippen molar-refractivity contribution in [2.75, 3.05) is 0 Å². The van der Waals surface area contributed by atoms with Crippen LogP contribution in [-0.4, -0.2) is 10.9 Å². The summed E-state index contributed by atoms with van der Waals surface area (Å²) in [6, 6.07) is 9.31. The average Bonchev–Trinajstić information content (AvgIpc) is 2.34. The van der Waals surface area contributed by atoms with E-state index in [-0.39, 0.29) is 5.78 Å². The number of Topliss-reactive ketones (excluding diaryl/α,β-unsaturated/α-hetero) is 1. The van der Waals surface area contributed by atoms with Gasteiger partial charge in [0.2, 0.25) is 0 Å². The van der Waals surface area contributed by atoms with Crippen LogP contribution < -0.4 is 0 Å². The van der Waals surface area contributed by atoms with Crippen molar-refractivity contribution in [1.29, 1.82) is 0 Å². The molecule has 0 aromatic heterocycles. The largest absolute Gasteiger partial charge is 0.388 e. The molecule has 0 aliphatic carbocycles. The summed E-state index contributed by atoms with van der Waals surface area (Å²) in [7, 11) is 0. The maximum atomic E-state index is 12.4. The SMILES string of the molecule is C=CC[C@@H](C(=O)C(C)(C)C)[C@H](O)c1ccccc1. The lowest BCUT2D eigenvalue weighted by atomic mass is 9.77. The molecular formula is C16H22O2. The Labute approximate surface area is 109 Å². The van der Waals surface area contributed by atoms with Crippen molar-refractivity contribution in [2.24, 2.45) is 11.3 Å². The molecule has 1 aromatic carbocycles. The lowest BCUT2D eigenvalue weighted by Crippen LogP contribution is -2.32. The molecule has 0 bridgehead atoms. The van der Waals surface area contributed by atoms with Crippen LogP contribution in [0.4, 0.5) is 0 Å². The number of aliphatic hydroxyl groups is 1. The summed E-state index contributed by atoms with van der Waals surface area (Å²) in [5, 5.41) is 10.4. The molecule has 98 valence electrons. The van der Waals surface area contributed by atoms with Crippen LogP contribution in [0.1, 0.15) is 38.9 Å². The lowest BCUT2D eigenvalue weighted by molar-refractivity contribution is -0.134. The fourth-order valence-electron chi connectivity index (χ4n) is 2.00. The summed E-state index contributed by atoms with van der Waals surface area (Å²) in [6.45, 7) is 9.31. The van der Waals surface area contributed by atoms with E-state index in [0.717, 1.165) is 5.56 Å². The summed E-state index contributed by atoms with van der Waals surface area (Å²) in [5.41, 5.74) is 0.325. The quantitative estimate of drug-likeness (QED) is 0.807. The minimum Gasteiger partial charge on any atom is -0.388 e. The highest BCUT2D eigenvalue weighted by atomic mass is 16.3. The molecule has 0 amide bonds. The van der Waals surface area contributed by atoms with Gasteiger partial charge in [-0.2, -0.15) is 0 Å². The molecule has 2 atom stereocenters. The molecular weight excluding hydrogens is 224 g/mol. The molecule has 1 rings (SSSR count). The average molecular weight is 246 g/mol. The van der Waals surface area contributed by atoms with Gasteiger partial charge in [0.1, 0.15) is 5.78 Å². The van der Waals surface area contributed by atoms with Crippen LogP contribution in [0, 0.1) is 11.3 Å². The lowest BCUT2D eigenvalue weighted by Gasteiger charge is -2.27. The maximum Gasteiger partial charge on any atom is 0.144 e. The molecule has 0 unspecified atom stereocenters. The number of benzene rings is 1. The fraction of sp³-hybridized carbons (Fsp3) is 0.438. The normalized spacial score (nSPS) is 14.9. The van der Waals surface area contributed by atoms with E-state index >= 15 is 0 Å². The van der Waals surface area contributed by atoms with E-state index in [1.807, 2.05) is 51.1 Å². The van der Waals surface area contributed by atoms with Crippen LogP contribution in [0.3, 0.4) is 0 Å². The number of carbonyl (C=O) groups excluding carboxylic acids is 1. The molecule has 0 aliphatic heterocycles. The van der Waals surface area contributed by atoms with E-state index in [9.17, 15) is 9.90 Å². The summed E-state index contributed by atoms with van der Waals surface area (Å²) in [6.07, 6.45) is 1.42. The molecule has 1 aromatic rings. The first-order valence-corrected chi connectivity index (χ1v) is 6.26. The Balaban J connectivity index is 2.99. The first-order chi connectivity index (χ1) is 8.38. The van der Waals surface area contributed by atoms with E-state index < -0.39 is 17.4 Å². The topological polar surface area (TPSA) is 37.3 Å². The standard InChI is InChI=1S/C16H22O2/c1-5-9-13(15(18)16(2,3)4)14(17)12-10-7-6-8-11-12/h5-8,10-11,13-14,17H,1,9H2,2-4H3/t13-,14-/m1/s1. The molecule has 0 saturated heterocycles. The van der Waals surface area contributed by atoms with Crippen LogP contribution in [0.5, 0.6) is 0 Å². The predicted molar refractivity (Wildman–Crippen MR) is 74.2 cm³/mol. The second-order valence-electron chi connectivity index (χ2n) is 5.60. The Morgan fingerprint density at radius 2 is 1.89 bits per heavy atom. The highest BCUT2D eigenvalue weighted by Crippen LogP contribution is 2.32. The number of rotatable bonds is 5. The van der Waals surface area contributed by atoms with Gasteiger partial charge in [0.05, 0.1) is 12.0 Å². The summed E-state index contributed by atoms with van der Waals surface area (Å²) in [5.74, 6) is -0.358. The molecule has 2 nitrogen and oxygen atoms in total. The van der Waals surface area contributed by atoms with Gasteiger partial charge in [-0.15, -0.1) is 6.58 Å². The Morgan fingerprint density at radius 3 is 2.33 bits per heavy atom. The van der Waals surface area contributed by atoms with Gasteiger partial charge in [-0.1, -0.05) is 57.2 Å². The zero-order chi connectivity index (χ0) is 13.8. The van der Waals surface area contributed by atoms with Crippen LogP contribution in [0.25, 0.3) is 0 Å². The van der Waals surface area contributed by atoms with Crippen LogP contribution in [0.15, 0.2) is 43.0 Å². The van der Waals surface area contributed by atoms with Gasteiger partial charge >= 0.3 is 0 Å². The van der Waals surface area contributed by atoms with Gasteiger partial charge in [0, 0.05) is 5.41 Å². The Bertz CT molecular complexity index is 401. The van der Waals surface area contributed by atoms with E-state index in [0.29, 0.717) is 6.42 Å². The summed E-state index contributed by atoms with van der Waals surface area (Å²) in [4.78, 5) is 12.4. The van der Waals surface area contributed by atoms with Crippen LogP contribution in [-0.2, 0) is 4.79 Å². The number of allylic oxidation sites excluding steroid dienone is 1. The van der Waals surface area contributed by atoms with E-state index in [1.54, 1.807) is 6.08 Å². The minimum absolute atomic E-state index is 0.0683. The number of hydrogen-bond acceptors (Lipinski definition) is 2. The van der Waals surface area contributed by atoms with Gasteiger partial charge in [-0.25, -0.2) is 0 Å². The first kappa shape index (κ1) is 14.7. The number of aliphatic hydroxyl groups excluding tert-OH is 1. The van der Waals surface area contributed by atoms with E-state index in [1.165, 1.54) is 0 Å².